The average Bonchev–Trinajstić information content (AvgIpc) is 1.96. The molecule has 0 bridgehead atoms. The van der Waals surface area contributed by atoms with Gasteiger partial charge in [-0.2, -0.15) is 0 Å². The van der Waals surface area contributed by atoms with Gasteiger partial charge < -0.3 is 5.11 Å². The largest absolute Gasteiger partial charge is 0.481 e. The molecule has 0 rings (SSSR count). The highest BCUT2D eigenvalue weighted by molar-refractivity contribution is 7.88. The molecule has 0 aliphatic heterocycles. The lowest BCUT2D eigenvalue weighted by Crippen LogP contribution is -2.35. The first-order valence-corrected chi connectivity index (χ1v) is 5.81. The summed E-state index contributed by atoms with van der Waals surface area (Å²) >= 11 is 0. The molecule has 1 atom stereocenters. The molecule has 0 spiro atoms. The highest BCUT2D eigenvalue weighted by atomic mass is 32.2. The van der Waals surface area contributed by atoms with E-state index in [-0.39, 0.29) is 6.54 Å². The maximum atomic E-state index is 11.1. The number of sulfonamides is 1. The Kier molecular flexibility index (Phi) is 4.35. The topological polar surface area (TPSA) is 74.7 Å². The van der Waals surface area contributed by atoms with Crippen LogP contribution in [0.3, 0.4) is 0 Å². The van der Waals surface area contributed by atoms with Crippen molar-refractivity contribution in [2.24, 2.45) is 5.92 Å². The van der Waals surface area contributed by atoms with E-state index in [1.54, 1.807) is 6.92 Å². The van der Waals surface area contributed by atoms with Gasteiger partial charge in [-0.3, -0.25) is 4.79 Å². The number of nitrogens with zero attached hydrogens (tertiary/aromatic N) is 1. The van der Waals surface area contributed by atoms with Gasteiger partial charge in [-0.25, -0.2) is 12.7 Å². The van der Waals surface area contributed by atoms with Gasteiger partial charge in [0.2, 0.25) is 10.0 Å². The van der Waals surface area contributed by atoms with E-state index in [9.17, 15) is 13.2 Å². The average molecular weight is 209 g/mol. The lowest BCUT2D eigenvalue weighted by atomic mass is 10.2. The van der Waals surface area contributed by atoms with E-state index >= 15 is 0 Å². The second-order valence-electron chi connectivity index (χ2n) is 2.95. The smallest absolute Gasteiger partial charge is 0.307 e. The van der Waals surface area contributed by atoms with Gasteiger partial charge in [-0.1, -0.05) is 13.8 Å². The first-order valence-electron chi connectivity index (χ1n) is 3.97. The third-order valence-corrected chi connectivity index (χ3v) is 3.07. The number of carboxylic acid groups (broad SMARTS) is 1. The molecule has 13 heavy (non-hydrogen) atoms. The van der Waals surface area contributed by atoms with Crippen molar-refractivity contribution in [3.63, 3.8) is 0 Å². The summed E-state index contributed by atoms with van der Waals surface area (Å²) in [4.78, 5) is 10.5. The minimum atomic E-state index is -3.27. The third-order valence-electron chi connectivity index (χ3n) is 1.72. The maximum Gasteiger partial charge on any atom is 0.307 e. The van der Waals surface area contributed by atoms with Crippen LogP contribution < -0.4 is 0 Å². The monoisotopic (exact) mass is 209 g/mol. The second-order valence-corrected chi connectivity index (χ2v) is 4.94. The lowest BCUT2D eigenvalue weighted by molar-refractivity contribution is -0.141. The summed E-state index contributed by atoms with van der Waals surface area (Å²) in [5.74, 6) is -1.66. The Balaban J connectivity index is 4.40. The number of carbonyl (C=O) groups is 1. The Morgan fingerprint density at radius 2 is 2.00 bits per heavy atom. The zero-order valence-electron chi connectivity index (χ0n) is 8.02. The van der Waals surface area contributed by atoms with Gasteiger partial charge in [0.1, 0.15) is 0 Å². The molecule has 0 heterocycles. The number of rotatable bonds is 5. The molecule has 1 N–H and O–H groups in total. The van der Waals surface area contributed by atoms with Crippen LogP contribution in [0.1, 0.15) is 13.8 Å². The molecule has 6 heteroatoms. The van der Waals surface area contributed by atoms with Crippen LogP contribution in [0.5, 0.6) is 0 Å². The van der Waals surface area contributed by atoms with E-state index in [1.165, 1.54) is 6.92 Å². The summed E-state index contributed by atoms with van der Waals surface area (Å²) in [5, 5.41) is 8.57. The third kappa shape index (κ3) is 4.23. The molecule has 0 saturated heterocycles. The van der Waals surface area contributed by atoms with Gasteiger partial charge in [0, 0.05) is 13.1 Å². The fourth-order valence-corrected chi connectivity index (χ4v) is 1.85. The van der Waals surface area contributed by atoms with Crippen molar-refractivity contribution in [3.8, 4) is 0 Å². The van der Waals surface area contributed by atoms with Crippen LogP contribution in [0.4, 0.5) is 0 Å². The molecule has 0 amide bonds. The summed E-state index contributed by atoms with van der Waals surface area (Å²) in [7, 11) is -3.27. The summed E-state index contributed by atoms with van der Waals surface area (Å²) in [6.07, 6.45) is 1.07. The van der Waals surface area contributed by atoms with Crippen LogP contribution in [-0.4, -0.2) is 43.1 Å². The van der Waals surface area contributed by atoms with Gasteiger partial charge in [0.05, 0.1) is 12.2 Å². The van der Waals surface area contributed by atoms with E-state index in [2.05, 4.69) is 0 Å². The molecular weight excluding hydrogens is 194 g/mol. The Bertz CT molecular complexity index is 272. The molecular formula is C7H15NO4S. The van der Waals surface area contributed by atoms with Crippen molar-refractivity contribution in [1.29, 1.82) is 0 Å². The fourth-order valence-electron chi connectivity index (χ4n) is 0.883. The standard InChI is InChI=1S/C7H15NO4S/c1-4-8(13(3,11)12)5-6(2)7(9)10/h6H,4-5H2,1-3H3,(H,9,10). The fraction of sp³-hybridized carbons (Fsp3) is 0.857. The normalized spacial score (nSPS) is 14.5. The Morgan fingerprint density at radius 3 is 2.23 bits per heavy atom. The molecule has 0 saturated carbocycles. The van der Waals surface area contributed by atoms with Crippen molar-refractivity contribution >= 4 is 16.0 Å². The highest BCUT2D eigenvalue weighted by Crippen LogP contribution is 2.04. The van der Waals surface area contributed by atoms with Crippen molar-refractivity contribution in [1.82, 2.24) is 4.31 Å². The summed E-state index contributed by atoms with van der Waals surface area (Å²) in [6, 6.07) is 0. The van der Waals surface area contributed by atoms with Crippen LogP contribution >= 0.6 is 0 Å². The molecule has 78 valence electrons. The van der Waals surface area contributed by atoms with Gasteiger partial charge in [0.15, 0.2) is 0 Å². The van der Waals surface area contributed by atoms with Crippen molar-refractivity contribution < 1.29 is 18.3 Å². The van der Waals surface area contributed by atoms with Crippen LogP contribution in [0.25, 0.3) is 0 Å². The molecule has 1 unspecified atom stereocenters. The van der Waals surface area contributed by atoms with Gasteiger partial charge >= 0.3 is 5.97 Å². The first kappa shape index (κ1) is 12.4. The van der Waals surface area contributed by atoms with Crippen LogP contribution in [0, 0.1) is 5.92 Å². The highest BCUT2D eigenvalue weighted by Gasteiger charge is 2.20. The first-order chi connectivity index (χ1) is 5.79. The van der Waals surface area contributed by atoms with E-state index in [0.29, 0.717) is 6.54 Å². The Hall–Kier alpha value is -0.620. The van der Waals surface area contributed by atoms with Gasteiger partial charge in [0.25, 0.3) is 0 Å². The number of carboxylic acids is 1. The summed E-state index contributed by atoms with van der Waals surface area (Å²) in [5.41, 5.74) is 0. The van der Waals surface area contributed by atoms with E-state index in [1.807, 2.05) is 0 Å². The molecule has 0 aromatic heterocycles. The van der Waals surface area contributed by atoms with Crippen LogP contribution in [0.15, 0.2) is 0 Å². The molecule has 0 aromatic rings. The molecule has 0 aliphatic carbocycles. The predicted molar refractivity (Wildman–Crippen MR) is 48.9 cm³/mol. The zero-order chi connectivity index (χ0) is 10.6. The predicted octanol–water partition coefficient (Wildman–Crippen LogP) is -0.0114. The lowest BCUT2D eigenvalue weighted by Gasteiger charge is -2.19. The maximum absolute atomic E-state index is 11.1. The minimum Gasteiger partial charge on any atom is -0.481 e. The van der Waals surface area contributed by atoms with E-state index in [4.69, 9.17) is 5.11 Å². The number of aliphatic carboxylic acids is 1. The molecule has 0 fully saturated rings. The zero-order valence-corrected chi connectivity index (χ0v) is 8.84. The summed E-state index contributed by atoms with van der Waals surface area (Å²) < 4.78 is 23.3. The molecule has 0 aliphatic rings. The summed E-state index contributed by atoms with van der Waals surface area (Å²) in [6.45, 7) is 3.49. The molecule has 5 nitrogen and oxygen atoms in total. The van der Waals surface area contributed by atoms with Crippen LogP contribution in [0.2, 0.25) is 0 Å². The van der Waals surface area contributed by atoms with Crippen molar-refractivity contribution in [2.45, 2.75) is 13.8 Å². The SMILES string of the molecule is CCN(CC(C)C(=O)O)S(C)(=O)=O. The number of hydrogen-bond donors (Lipinski definition) is 1. The Labute approximate surface area is 78.4 Å². The van der Waals surface area contributed by atoms with Gasteiger partial charge in [-0.05, 0) is 0 Å². The second kappa shape index (κ2) is 4.57. The molecule has 0 aromatic carbocycles. The number of hydrogen-bond acceptors (Lipinski definition) is 3. The molecule has 0 radical (unpaired) electrons. The van der Waals surface area contributed by atoms with Gasteiger partial charge in [-0.15, -0.1) is 0 Å². The Morgan fingerprint density at radius 1 is 1.54 bits per heavy atom. The van der Waals surface area contributed by atoms with E-state index in [0.717, 1.165) is 10.6 Å². The minimum absolute atomic E-state index is 0.0324. The van der Waals surface area contributed by atoms with E-state index < -0.39 is 21.9 Å². The quantitative estimate of drug-likeness (QED) is 0.691. The van der Waals surface area contributed by atoms with Crippen LogP contribution in [-0.2, 0) is 14.8 Å². The van der Waals surface area contributed by atoms with Crippen molar-refractivity contribution in [2.75, 3.05) is 19.3 Å². The van der Waals surface area contributed by atoms with Crippen molar-refractivity contribution in [3.05, 3.63) is 0 Å².